The van der Waals surface area contributed by atoms with Gasteiger partial charge in [-0.2, -0.15) is 0 Å². The molecule has 0 bridgehead atoms. The van der Waals surface area contributed by atoms with Crippen LogP contribution >= 0.6 is 7.82 Å². The summed E-state index contributed by atoms with van der Waals surface area (Å²) < 4.78 is 68.3. The number of esters is 1. The molecule has 5 rings (SSSR count). The van der Waals surface area contributed by atoms with E-state index >= 15 is 0 Å². The number of carbonyl (C=O) groups is 1. The third-order valence-corrected chi connectivity index (χ3v) is 16.5. The minimum atomic E-state index is -5.61. The van der Waals surface area contributed by atoms with Crippen LogP contribution in [0, 0.1) is 5.92 Å². The van der Waals surface area contributed by atoms with Crippen LogP contribution in [-0.2, 0) is 56.3 Å². The van der Waals surface area contributed by atoms with Gasteiger partial charge in [-0.3, -0.25) is 13.8 Å². The molecule has 0 spiro atoms. The minimum Gasteiger partial charge on any atom is -0.463 e. The first-order valence-corrected chi connectivity index (χ1v) is 30.1. The van der Waals surface area contributed by atoms with Crippen LogP contribution in [0.2, 0.25) is 0 Å². The molecule has 5 fully saturated rings. The Hall–Kier alpha value is -1.94. The predicted molar refractivity (Wildman–Crippen MR) is 281 cm³/mol. The highest BCUT2D eigenvalue weighted by Gasteiger charge is 2.58. The van der Waals surface area contributed by atoms with Gasteiger partial charge in [0.1, 0.15) is 135 Å². The third kappa shape index (κ3) is 20.3. The van der Waals surface area contributed by atoms with Crippen LogP contribution in [0.5, 0.6) is 0 Å². The van der Waals surface area contributed by atoms with E-state index in [-0.39, 0.29) is 6.42 Å². The quantitative estimate of drug-likeness (QED) is 0.0126. The van der Waals surface area contributed by atoms with E-state index < -0.39 is 225 Å². The first-order valence-electron chi connectivity index (χ1n) is 28.6. The van der Waals surface area contributed by atoms with E-state index in [0.717, 1.165) is 44.9 Å². The molecule has 4 aliphatic heterocycles. The molecule has 19 N–H and O–H groups in total. The Morgan fingerprint density at radius 2 is 0.952 bits per heavy atom. The zero-order valence-corrected chi connectivity index (χ0v) is 47.6. The maximum Gasteiger partial charge on any atom is 0.472 e. The maximum absolute atomic E-state index is 13.8. The first kappa shape index (κ1) is 72.8. The normalized spacial score (nSPS) is 41.6. The summed E-state index contributed by atoms with van der Waals surface area (Å²) in [5.41, 5.74) is 0. The molecule has 0 aromatic heterocycles. The summed E-state index contributed by atoms with van der Waals surface area (Å²) in [5, 5.41) is 192. The van der Waals surface area contributed by atoms with Gasteiger partial charge in [-0.05, 0) is 44.9 Å². The van der Waals surface area contributed by atoms with Crippen molar-refractivity contribution in [3.8, 4) is 0 Å². The van der Waals surface area contributed by atoms with Crippen molar-refractivity contribution in [3.63, 3.8) is 0 Å². The molecule has 12 unspecified atom stereocenters. The van der Waals surface area contributed by atoms with Crippen molar-refractivity contribution in [2.24, 2.45) is 5.92 Å². The number of phosphoric acid groups is 1. The summed E-state index contributed by atoms with van der Waals surface area (Å²) in [5.74, 6) is -2.58. The summed E-state index contributed by atoms with van der Waals surface area (Å²) in [6.45, 7) is -3.01. The molecule has 4 heterocycles. The fourth-order valence-electron chi connectivity index (χ4n) is 10.3. The Morgan fingerprint density at radius 1 is 0.500 bits per heavy atom. The van der Waals surface area contributed by atoms with Gasteiger partial charge in [-0.15, -0.1) is 0 Å². The molecular weight excluding hydrogens is 1150 g/mol. The minimum absolute atomic E-state index is 0.0151. The topological polar surface area (TPSA) is 511 Å². The molecule has 1 aliphatic carbocycles. The lowest BCUT2D eigenvalue weighted by Crippen LogP contribution is -2.67. The Bertz CT molecular complexity index is 1990. The average Bonchev–Trinajstić information content (AvgIpc) is 3.62. The van der Waals surface area contributed by atoms with Crippen molar-refractivity contribution >= 4 is 13.8 Å². The van der Waals surface area contributed by atoms with E-state index in [1.165, 1.54) is 19.3 Å². The summed E-state index contributed by atoms with van der Waals surface area (Å²) in [6.07, 6.45) is -32.7. The molecule has 0 radical (unpaired) electrons. The highest BCUT2D eigenvalue weighted by Crippen LogP contribution is 2.50. The number of aliphatic hydroxyl groups excluding tert-OH is 18. The van der Waals surface area contributed by atoms with Crippen LogP contribution in [0.4, 0.5) is 0 Å². The predicted octanol–water partition coefficient (Wildman–Crippen LogP) is -6.02. The van der Waals surface area contributed by atoms with Gasteiger partial charge in [-0.1, -0.05) is 63.3 Å². The van der Waals surface area contributed by atoms with E-state index in [4.69, 9.17) is 46.9 Å². The average molecular weight is 1240 g/mol. The standard InChI is InChI=1S/C52H91O31P/c1-2-3-4-5-6-7-8-9-10-11-12-13-14-15-16-17-32(56)74-21-25(55)22-77-84(72,73)83-48-26(33(57)39(63)44(68)49(48)82-52-47(71)42(66)36(60)29(20-54)80-52)18-27-34(58)40(64)37(61)30(78-27)23-75-51-46(70)43(67)38(62)31(81-51)24-76-50-45(69)41(65)35(59)28(19-53)79-50/h6-7,9-10,25-31,33-55,57-71H,2-5,8,11-24H2,1H3,(H,72,73)/b7-6-,10-9-/t25-,26?,27+,28?,29?,30?,31?,33?,34-,35+,36-,37+,38+,39-,40?,41?,42?,43?,44?,45+,46+,47-,48-,49-,50-,51-,52-/m1/s1. The molecule has 0 amide bonds. The number of carbonyl (C=O) groups excluding carboxylic acids is 1. The Kier molecular flexibility index (Phi) is 30.7. The summed E-state index contributed by atoms with van der Waals surface area (Å²) in [7, 11) is -5.61. The lowest BCUT2D eigenvalue weighted by Gasteiger charge is -2.50. The Labute approximate surface area is 485 Å². The second kappa shape index (κ2) is 35.5. The van der Waals surface area contributed by atoms with Crippen molar-refractivity contribution < 1.29 is 153 Å². The third-order valence-electron chi connectivity index (χ3n) is 15.5. The van der Waals surface area contributed by atoms with Gasteiger partial charge in [0.05, 0.1) is 45.2 Å². The molecule has 0 aromatic carbocycles. The van der Waals surface area contributed by atoms with E-state index in [1.54, 1.807) is 0 Å². The molecule has 32 heteroatoms. The number of phosphoric ester groups is 1. The maximum atomic E-state index is 13.8. The van der Waals surface area contributed by atoms with E-state index in [0.29, 0.717) is 6.42 Å². The zero-order valence-electron chi connectivity index (χ0n) is 46.7. The van der Waals surface area contributed by atoms with Crippen molar-refractivity contribution in [2.75, 3.05) is 39.6 Å². The van der Waals surface area contributed by atoms with Gasteiger partial charge in [0.2, 0.25) is 0 Å². The van der Waals surface area contributed by atoms with Gasteiger partial charge in [0.25, 0.3) is 0 Å². The lowest BCUT2D eigenvalue weighted by atomic mass is 9.74. The monoisotopic (exact) mass is 1240 g/mol. The smallest absolute Gasteiger partial charge is 0.463 e. The van der Waals surface area contributed by atoms with Crippen molar-refractivity contribution in [2.45, 2.75) is 250 Å². The summed E-state index contributed by atoms with van der Waals surface area (Å²) in [6, 6.07) is 0. The van der Waals surface area contributed by atoms with Crippen LogP contribution in [0.15, 0.2) is 24.3 Å². The van der Waals surface area contributed by atoms with Gasteiger partial charge >= 0.3 is 13.8 Å². The molecular formula is C52H91O31P. The molecule has 1 saturated carbocycles. The lowest BCUT2D eigenvalue weighted by molar-refractivity contribution is -0.339. The summed E-state index contributed by atoms with van der Waals surface area (Å²) >= 11 is 0. The van der Waals surface area contributed by atoms with Crippen LogP contribution in [0.1, 0.15) is 90.4 Å². The van der Waals surface area contributed by atoms with E-state index in [9.17, 15) is 106 Å². The van der Waals surface area contributed by atoms with Gasteiger partial charge in [-0.25, -0.2) is 4.57 Å². The SMILES string of the molecule is CCCCC/C=C\C/C=C\CCCCCCCC(=O)OC[C@@H](O)COP(=O)(O)O[C@@H]1C(C[C@@H]2OC(CO[C@@H]3OC(CO[C@@H]4OC(CO)[C@H](O)C(O)[C@@H]4O)[C@H](O)C(O)[C@@H]3O)[C@H](O)C(O)[C@@H]2O)C(O)[C@@H](O)C(O)[C@H]1O[C@H]1OC(CO)[C@@H](O)C(O)[C@H]1O. The molecule has 0 aromatic rings. The Morgan fingerprint density at radius 3 is 1.51 bits per heavy atom. The van der Waals surface area contributed by atoms with Crippen LogP contribution in [0.3, 0.4) is 0 Å². The van der Waals surface area contributed by atoms with Crippen molar-refractivity contribution in [1.82, 2.24) is 0 Å². The number of hydrogen-bond donors (Lipinski definition) is 19. The summed E-state index contributed by atoms with van der Waals surface area (Å²) in [4.78, 5) is 23.6. The fourth-order valence-corrected chi connectivity index (χ4v) is 11.4. The van der Waals surface area contributed by atoms with Gasteiger partial charge in [0.15, 0.2) is 18.9 Å². The number of unbranched alkanes of at least 4 members (excludes halogenated alkanes) is 8. The second-order valence-corrected chi connectivity index (χ2v) is 23.3. The number of aliphatic hydroxyl groups is 18. The van der Waals surface area contributed by atoms with Crippen LogP contribution in [-0.4, -0.2) is 302 Å². The molecule has 5 aliphatic rings. The largest absolute Gasteiger partial charge is 0.472 e. The van der Waals surface area contributed by atoms with E-state index in [2.05, 4.69) is 31.2 Å². The fraction of sp³-hybridized carbons (Fsp3) is 0.904. The zero-order chi connectivity index (χ0) is 62.0. The molecule has 31 nitrogen and oxygen atoms in total. The van der Waals surface area contributed by atoms with Gasteiger partial charge < -0.3 is 135 Å². The molecule has 4 saturated heterocycles. The van der Waals surface area contributed by atoms with Crippen molar-refractivity contribution in [1.29, 1.82) is 0 Å². The van der Waals surface area contributed by atoms with Crippen LogP contribution < -0.4 is 0 Å². The number of allylic oxidation sites excluding steroid dienone is 4. The van der Waals surface area contributed by atoms with E-state index in [1.807, 2.05) is 0 Å². The van der Waals surface area contributed by atoms with Crippen LogP contribution in [0.25, 0.3) is 0 Å². The highest BCUT2D eigenvalue weighted by molar-refractivity contribution is 7.47. The Balaban J connectivity index is 1.22. The second-order valence-electron chi connectivity index (χ2n) is 21.9. The first-order chi connectivity index (χ1) is 39.9. The molecule has 84 heavy (non-hydrogen) atoms. The number of hydrogen-bond acceptors (Lipinski definition) is 30. The highest BCUT2D eigenvalue weighted by atomic mass is 31.2. The molecule has 28 atom stereocenters. The van der Waals surface area contributed by atoms with Gasteiger partial charge in [0, 0.05) is 12.3 Å². The number of ether oxygens (including phenoxy) is 8. The number of rotatable bonds is 33. The molecule has 490 valence electrons. The van der Waals surface area contributed by atoms with Crippen molar-refractivity contribution in [3.05, 3.63) is 24.3 Å².